The molecule has 0 spiro atoms. The SMILES string of the molecule is CC(C)[C@@H]1COC(NC(C)(C)C)=N1. The van der Waals surface area contributed by atoms with Crippen LogP contribution in [-0.4, -0.2) is 24.2 Å². The molecule has 1 N–H and O–H groups in total. The van der Waals surface area contributed by atoms with Gasteiger partial charge in [0, 0.05) is 5.54 Å². The van der Waals surface area contributed by atoms with Crippen LogP contribution in [0.25, 0.3) is 0 Å². The van der Waals surface area contributed by atoms with Crippen LogP contribution in [0.1, 0.15) is 34.6 Å². The average molecular weight is 184 g/mol. The van der Waals surface area contributed by atoms with Crippen LogP contribution >= 0.6 is 0 Å². The van der Waals surface area contributed by atoms with Crippen molar-refractivity contribution < 1.29 is 4.74 Å². The number of ether oxygens (including phenoxy) is 1. The van der Waals surface area contributed by atoms with Crippen molar-refractivity contribution in [1.29, 1.82) is 0 Å². The summed E-state index contributed by atoms with van der Waals surface area (Å²) in [6.07, 6.45) is 0. The highest BCUT2D eigenvalue weighted by molar-refractivity contribution is 5.75. The van der Waals surface area contributed by atoms with Crippen molar-refractivity contribution in [2.75, 3.05) is 6.61 Å². The molecule has 0 aromatic rings. The smallest absolute Gasteiger partial charge is 0.285 e. The third-order valence-electron chi connectivity index (χ3n) is 1.93. The van der Waals surface area contributed by atoms with Crippen molar-refractivity contribution in [3.8, 4) is 0 Å². The van der Waals surface area contributed by atoms with E-state index in [-0.39, 0.29) is 5.54 Å². The molecule has 0 fully saturated rings. The summed E-state index contributed by atoms with van der Waals surface area (Å²) in [5, 5.41) is 3.23. The quantitative estimate of drug-likeness (QED) is 0.674. The summed E-state index contributed by atoms with van der Waals surface area (Å²) >= 11 is 0. The number of nitrogens with one attached hydrogen (secondary N) is 1. The number of aliphatic imine (C=N–C) groups is 1. The van der Waals surface area contributed by atoms with Crippen molar-refractivity contribution in [1.82, 2.24) is 5.32 Å². The van der Waals surface area contributed by atoms with Gasteiger partial charge in [0.05, 0.1) is 6.04 Å². The minimum Gasteiger partial charge on any atom is -0.463 e. The van der Waals surface area contributed by atoms with E-state index in [2.05, 4.69) is 44.9 Å². The average Bonchev–Trinajstić information content (AvgIpc) is 2.31. The van der Waals surface area contributed by atoms with Crippen LogP contribution < -0.4 is 5.32 Å². The summed E-state index contributed by atoms with van der Waals surface area (Å²) in [4.78, 5) is 4.46. The molecule has 0 amide bonds. The molecular formula is C10H20N2O. The van der Waals surface area contributed by atoms with E-state index < -0.39 is 0 Å². The highest BCUT2D eigenvalue weighted by Gasteiger charge is 2.24. The van der Waals surface area contributed by atoms with E-state index in [4.69, 9.17) is 4.74 Å². The molecular weight excluding hydrogens is 164 g/mol. The second-order valence-corrected chi connectivity index (χ2v) is 4.93. The van der Waals surface area contributed by atoms with Crippen LogP contribution in [0, 0.1) is 5.92 Å². The predicted molar refractivity (Wildman–Crippen MR) is 54.9 cm³/mol. The van der Waals surface area contributed by atoms with Gasteiger partial charge >= 0.3 is 0 Å². The van der Waals surface area contributed by atoms with E-state index in [0.29, 0.717) is 18.0 Å². The maximum atomic E-state index is 5.44. The maximum Gasteiger partial charge on any atom is 0.285 e. The molecule has 0 aliphatic carbocycles. The summed E-state index contributed by atoms with van der Waals surface area (Å²) in [5.74, 6) is 0.555. The van der Waals surface area contributed by atoms with Crippen LogP contribution in [0.5, 0.6) is 0 Å². The molecule has 0 bridgehead atoms. The minimum atomic E-state index is 0.0324. The Kier molecular flexibility index (Phi) is 2.84. The molecule has 1 atom stereocenters. The number of hydrogen-bond donors (Lipinski definition) is 1. The van der Waals surface area contributed by atoms with Gasteiger partial charge in [0.25, 0.3) is 6.02 Å². The van der Waals surface area contributed by atoms with Gasteiger partial charge in [-0.15, -0.1) is 0 Å². The summed E-state index contributed by atoms with van der Waals surface area (Å²) in [6.45, 7) is 11.3. The Morgan fingerprint density at radius 1 is 1.46 bits per heavy atom. The van der Waals surface area contributed by atoms with Gasteiger partial charge in [-0.25, -0.2) is 4.99 Å². The molecule has 3 heteroatoms. The number of nitrogens with zero attached hydrogens (tertiary/aromatic N) is 1. The molecule has 0 radical (unpaired) electrons. The van der Waals surface area contributed by atoms with E-state index >= 15 is 0 Å². The zero-order valence-corrected chi connectivity index (χ0v) is 9.22. The zero-order chi connectivity index (χ0) is 10.1. The van der Waals surface area contributed by atoms with E-state index in [0.717, 1.165) is 6.61 Å². The molecule has 1 heterocycles. The first-order valence-electron chi connectivity index (χ1n) is 4.87. The van der Waals surface area contributed by atoms with Crippen LogP contribution in [0.4, 0.5) is 0 Å². The summed E-state index contributed by atoms with van der Waals surface area (Å²) in [7, 11) is 0. The Hall–Kier alpha value is -0.730. The Labute approximate surface area is 80.6 Å². The monoisotopic (exact) mass is 184 g/mol. The van der Waals surface area contributed by atoms with Gasteiger partial charge < -0.3 is 10.1 Å². The Bertz CT molecular complexity index is 203. The van der Waals surface area contributed by atoms with E-state index in [1.165, 1.54) is 0 Å². The van der Waals surface area contributed by atoms with Crippen molar-refractivity contribution in [3.63, 3.8) is 0 Å². The first kappa shape index (κ1) is 10.4. The van der Waals surface area contributed by atoms with Gasteiger partial charge in [0.1, 0.15) is 6.61 Å². The van der Waals surface area contributed by atoms with Crippen LogP contribution in [0.15, 0.2) is 4.99 Å². The van der Waals surface area contributed by atoms with Gasteiger partial charge in [0.15, 0.2) is 0 Å². The van der Waals surface area contributed by atoms with E-state index in [9.17, 15) is 0 Å². The first-order valence-corrected chi connectivity index (χ1v) is 4.87. The molecule has 1 aliphatic heterocycles. The molecule has 0 unspecified atom stereocenters. The molecule has 3 nitrogen and oxygen atoms in total. The number of rotatable bonds is 1. The first-order chi connectivity index (χ1) is 5.88. The van der Waals surface area contributed by atoms with Gasteiger partial charge in [0.2, 0.25) is 0 Å². The predicted octanol–water partition coefficient (Wildman–Crippen LogP) is 1.79. The van der Waals surface area contributed by atoms with Gasteiger partial charge in [-0.05, 0) is 26.7 Å². The third kappa shape index (κ3) is 3.25. The van der Waals surface area contributed by atoms with Crippen molar-refractivity contribution in [2.24, 2.45) is 10.9 Å². The zero-order valence-electron chi connectivity index (χ0n) is 9.22. The van der Waals surface area contributed by atoms with Gasteiger partial charge in [-0.2, -0.15) is 0 Å². The van der Waals surface area contributed by atoms with E-state index in [1.54, 1.807) is 0 Å². The van der Waals surface area contributed by atoms with Crippen molar-refractivity contribution in [3.05, 3.63) is 0 Å². The number of hydrogen-bond acceptors (Lipinski definition) is 3. The lowest BCUT2D eigenvalue weighted by molar-refractivity contribution is 0.273. The second kappa shape index (κ2) is 3.56. The topological polar surface area (TPSA) is 33.6 Å². The lowest BCUT2D eigenvalue weighted by Crippen LogP contribution is -2.40. The summed E-state index contributed by atoms with van der Waals surface area (Å²) in [5.41, 5.74) is 0.0324. The molecule has 1 rings (SSSR count). The fraction of sp³-hybridized carbons (Fsp3) is 0.900. The van der Waals surface area contributed by atoms with Gasteiger partial charge in [-0.3, -0.25) is 0 Å². The normalized spacial score (nSPS) is 22.9. The maximum absolute atomic E-state index is 5.44. The number of amidine groups is 1. The second-order valence-electron chi connectivity index (χ2n) is 4.93. The van der Waals surface area contributed by atoms with Crippen LogP contribution in [0.2, 0.25) is 0 Å². The van der Waals surface area contributed by atoms with Crippen LogP contribution in [0.3, 0.4) is 0 Å². The Balaban J connectivity index is 2.50. The standard InChI is InChI=1S/C10H20N2O/c1-7(2)8-6-13-9(11-8)12-10(3,4)5/h7-8H,6H2,1-5H3,(H,11,12)/t8-/m0/s1. The van der Waals surface area contributed by atoms with Crippen molar-refractivity contribution >= 4 is 6.02 Å². The molecule has 0 aromatic heterocycles. The Morgan fingerprint density at radius 2 is 2.08 bits per heavy atom. The molecule has 13 heavy (non-hydrogen) atoms. The fourth-order valence-electron chi connectivity index (χ4n) is 1.12. The van der Waals surface area contributed by atoms with Crippen molar-refractivity contribution in [2.45, 2.75) is 46.2 Å². The molecule has 76 valence electrons. The highest BCUT2D eigenvalue weighted by atomic mass is 16.5. The fourth-order valence-corrected chi connectivity index (χ4v) is 1.12. The lowest BCUT2D eigenvalue weighted by Gasteiger charge is -2.20. The summed E-state index contributed by atoms with van der Waals surface area (Å²) in [6, 6.07) is 1.02. The largest absolute Gasteiger partial charge is 0.463 e. The Morgan fingerprint density at radius 3 is 2.46 bits per heavy atom. The molecule has 0 saturated heterocycles. The van der Waals surface area contributed by atoms with Crippen LogP contribution in [-0.2, 0) is 4.74 Å². The molecule has 0 saturated carbocycles. The highest BCUT2D eigenvalue weighted by Crippen LogP contribution is 2.13. The lowest BCUT2D eigenvalue weighted by atomic mass is 10.1. The summed E-state index contributed by atoms with van der Waals surface area (Å²) < 4.78 is 5.44. The third-order valence-corrected chi connectivity index (χ3v) is 1.93. The minimum absolute atomic E-state index is 0.0324. The van der Waals surface area contributed by atoms with Gasteiger partial charge in [-0.1, -0.05) is 13.8 Å². The van der Waals surface area contributed by atoms with E-state index in [1.807, 2.05) is 0 Å². The molecule has 0 aromatic carbocycles. The molecule has 1 aliphatic rings.